The highest BCUT2D eigenvalue weighted by Gasteiger charge is 2.34. The van der Waals surface area contributed by atoms with E-state index in [1.807, 2.05) is 25.1 Å². The first-order valence-corrected chi connectivity index (χ1v) is 6.28. The minimum absolute atomic E-state index is 0.698. The molecule has 1 aromatic rings. The van der Waals surface area contributed by atoms with Gasteiger partial charge in [0.2, 0.25) is 0 Å². The van der Waals surface area contributed by atoms with Gasteiger partial charge in [0.1, 0.15) is 0 Å². The fourth-order valence-corrected chi connectivity index (χ4v) is 2.45. The molecule has 0 aromatic heterocycles. The summed E-state index contributed by atoms with van der Waals surface area (Å²) in [5, 5.41) is 1.54. The van der Waals surface area contributed by atoms with Crippen LogP contribution >= 0.6 is 23.2 Å². The first kappa shape index (κ1) is 14.2. The Balaban J connectivity index is 0.000000686. The molecule has 2 atom stereocenters. The molecule has 1 fully saturated rings. The average Bonchev–Trinajstić information content (AvgIpc) is 3.07. The Hall–Kier alpha value is -0.900. The number of halogens is 2. The number of hydrogen-bond donors (Lipinski definition) is 0. The van der Waals surface area contributed by atoms with E-state index >= 15 is 0 Å². The van der Waals surface area contributed by atoms with Crippen LogP contribution in [-0.2, 0) is 6.42 Å². The molecule has 1 saturated carbocycles. The van der Waals surface area contributed by atoms with Crippen LogP contribution in [0.2, 0.25) is 10.0 Å². The third kappa shape index (κ3) is 3.53. The normalized spacial score (nSPS) is 21.2. The van der Waals surface area contributed by atoms with E-state index < -0.39 is 0 Å². The van der Waals surface area contributed by atoms with Gasteiger partial charge in [0.25, 0.3) is 0 Å². The van der Waals surface area contributed by atoms with Gasteiger partial charge in [-0.1, -0.05) is 29.3 Å². The second-order valence-corrected chi connectivity index (χ2v) is 5.10. The van der Waals surface area contributed by atoms with E-state index in [-0.39, 0.29) is 0 Å². The van der Waals surface area contributed by atoms with Gasteiger partial charge in [0.15, 0.2) is 0 Å². The van der Waals surface area contributed by atoms with Crippen molar-refractivity contribution < 1.29 is 0 Å². The minimum atomic E-state index is 0.698. The molecule has 17 heavy (non-hydrogen) atoms. The molecular formula is C15H16Cl2. The van der Waals surface area contributed by atoms with Crippen LogP contribution in [0.3, 0.4) is 0 Å². The molecule has 1 aliphatic carbocycles. The zero-order valence-electron chi connectivity index (χ0n) is 9.92. The van der Waals surface area contributed by atoms with Crippen LogP contribution in [0.1, 0.15) is 17.5 Å². The van der Waals surface area contributed by atoms with Gasteiger partial charge in [-0.15, -0.1) is 19.4 Å². The van der Waals surface area contributed by atoms with Gasteiger partial charge in [-0.2, -0.15) is 0 Å². The molecule has 90 valence electrons. The third-order valence-electron chi connectivity index (χ3n) is 3.12. The van der Waals surface area contributed by atoms with E-state index in [0.29, 0.717) is 5.92 Å². The van der Waals surface area contributed by atoms with Gasteiger partial charge in [0.05, 0.1) is 0 Å². The van der Waals surface area contributed by atoms with Crippen molar-refractivity contribution in [3.63, 3.8) is 0 Å². The fraction of sp³-hybridized carbons (Fsp3) is 0.333. The first-order valence-electron chi connectivity index (χ1n) is 5.52. The third-order valence-corrected chi connectivity index (χ3v) is 3.90. The van der Waals surface area contributed by atoms with Crippen LogP contribution in [-0.4, -0.2) is 0 Å². The van der Waals surface area contributed by atoms with Crippen molar-refractivity contribution in [1.29, 1.82) is 0 Å². The monoisotopic (exact) mass is 266 g/mol. The van der Waals surface area contributed by atoms with Crippen LogP contribution < -0.4 is 0 Å². The summed E-state index contributed by atoms with van der Waals surface area (Å²) >= 11 is 12.2. The Morgan fingerprint density at radius 3 is 2.29 bits per heavy atom. The fourth-order valence-electron chi connectivity index (χ4n) is 1.91. The summed E-state index contributed by atoms with van der Waals surface area (Å²) in [4.78, 5) is 0. The van der Waals surface area contributed by atoms with Crippen molar-refractivity contribution in [2.45, 2.75) is 19.8 Å². The van der Waals surface area contributed by atoms with Crippen LogP contribution in [0.15, 0.2) is 24.8 Å². The second-order valence-electron chi connectivity index (χ2n) is 4.28. The average molecular weight is 267 g/mol. The molecule has 0 heterocycles. The van der Waals surface area contributed by atoms with Crippen molar-refractivity contribution in [3.8, 4) is 12.8 Å². The highest BCUT2D eigenvalue weighted by atomic mass is 35.5. The maximum Gasteiger partial charge on any atom is 0.0452 e. The lowest BCUT2D eigenvalue weighted by molar-refractivity contribution is 0.784. The Labute approximate surface area is 114 Å². The molecule has 1 aromatic carbocycles. The molecule has 0 saturated heterocycles. The van der Waals surface area contributed by atoms with E-state index in [1.165, 1.54) is 12.0 Å². The number of rotatable bonds is 3. The van der Waals surface area contributed by atoms with E-state index in [4.69, 9.17) is 23.2 Å². The molecule has 0 nitrogen and oxygen atoms in total. The highest BCUT2D eigenvalue weighted by molar-refractivity contribution is 6.36. The summed E-state index contributed by atoms with van der Waals surface area (Å²) in [6.45, 7) is 5.75. The van der Waals surface area contributed by atoms with E-state index in [0.717, 1.165) is 27.9 Å². The molecular weight excluding hydrogens is 251 g/mol. The zero-order valence-corrected chi connectivity index (χ0v) is 11.4. The molecule has 0 N–H and O–H groups in total. The Bertz CT molecular complexity index is 409. The summed E-state index contributed by atoms with van der Waals surface area (Å²) in [5.41, 5.74) is 2.21. The van der Waals surface area contributed by atoms with Crippen LogP contribution in [0.5, 0.6) is 0 Å². The summed E-state index contributed by atoms with van der Waals surface area (Å²) in [6.07, 6.45) is 12.4. The molecule has 0 spiro atoms. The number of benzene rings is 1. The van der Waals surface area contributed by atoms with Crippen molar-refractivity contribution >= 4 is 23.2 Å². The van der Waals surface area contributed by atoms with Crippen molar-refractivity contribution in [1.82, 2.24) is 0 Å². The summed E-state index contributed by atoms with van der Waals surface area (Å²) in [5.74, 6) is 1.45. The molecule has 0 radical (unpaired) electrons. The van der Waals surface area contributed by atoms with Crippen LogP contribution in [0.25, 0.3) is 0 Å². The quantitative estimate of drug-likeness (QED) is 0.539. The standard InChI is InChI=1S/C13H14Cl2.C2H2/c1-3-10-7-11(10)4-9-5-12(14)8(2)13(15)6-9;1-2/h3,5-6,10-11H,1,4,7H2,2H3;1-2H. The van der Waals surface area contributed by atoms with Gasteiger partial charge in [-0.25, -0.2) is 0 Å². The van der Waals surface area contributed by atoms with Crippen molar-refractivity contribution in [2.24, 2.45) is 11.8 Å². The largest absolute Gasteiger partial charge is 0.124 e. The molecule has 0 bridgehead atoms. The summed E-state index contributed by atoms with van der Waals surface area (Å²) in [7, 11) is 0. The molecule has 2 heteroatoms. The Morgan fingerprint density at radius 2 is 1.88 bits per heavy atom. The Kier molecular flexibility index (Phi) is 5.12. The van der Waals surface area contributed by atoms with E-state index in [2.05, 4.69) is 19.4 Å². The predicted molar refractivity (Wildman–Crippen MR) is 76.6 cm³/mol. The van der Waals surface area contributed by atoms with Crippen molar-refractivity contribution in [2.75, 3.05) is 0 Å². The molecule has 2 rings (SSSR count). The Morgan fingerprint density at radius 1 is 1.35 bits per heavy atom. The number of allylic oxidation sites excluding steroid dienone is 1. The molecule has 0 aliphatic heterocycles. The number of hydrogen-bond acceptors (Lipinski definition) is 0. The smallest absolute Gasteiger partial charge is 0.0452 e. The maximum absolute atomic E-state index is 6.09. The van der Waals surface area contributed by atoms with Gasteiger partial charge in [-0.05, 0) is 54.9 Å². The SMILES string of the molecule is C#C.C=CC1CC1Cc1cc(Cl)c(C)c(Cl)c1. The zero-order chi connectivity index (χ0) is 13.0. The topological polar surface area (TPSA) is 0 Å². The summed E-state index contributed by atoms with van der Waals surface area (Å²) in [6, 6.07) is 4.06. The lowest BCUT2D eigenvalue weighted by Crippen LogP contribution is -1.91. The lowest BCUT2D eigenvalue weighted by Gasteiger charge is -2.05. The number of terminal acetylenes is 1. The van der Waals surface area contributed by atoms with Crippen molar-refractivity contribution in [3.05, 3.63) is 46.0 Å². The highest BCUT2D eigenvalue weighted by Crippen LogP contribution is 2.42. The summed E-state index contributed by atoms with van der Waals surface area (Å²) < 4.78 is 0. The predicted octanol–water partition coefficient (Wildman–Crippen LogP) is 4.92. The van der Waals surface area contributed by atoms with E-state index in [9.17, 15) is 0 Å². The molecule has 2 unspecified atom stereocenters. The van der Waals surface area contributed by atoms with Gasteiger partial charge in [-0.3, -0.25) is 0 Å². The van der Waals surface area contributed by atoms with Crippen LogP contribution in [0.4, 0.5) is 0 Å². The maximum atomic E-state index is 6.09. The van der Waals surface area contributed by atoms with Gasteiger partial charge in [0, 0.05) is 10.0 Å². The lowest BCUT2D eigenvalue weighted by atomic mass is 10.1. The van der Waals surface area contributed by atoms with Gasteiger partial charge < -0.3 is 0 Å². The minimum Gasteiger partial charge on any atom is -0.124 e. The molecule has 1 aliphatic rings. The van der Waals surface area contributed by atoms with Crippen LogP contribution in [0, 0.1) is 31.6 Å². The first-order chi connectivity index (χ1) is 8.11. The van der Waals surface area contributed by atoms with Gasteiger partial charge >= 0.3 is 0 Å². The molecule has 0 amide bonds. The van der Waals surface area contributed by atoms with E-state index in [1.54, 1.807) is 0 Å². The second kappa shape index (κ2) is 6.15.